The fourth-order valence-electron chi connectivity index (χ4n) is 3.15. The van der Waals surface area contributed by atoms with Crippen LogP contribution < -0.4 is 0 Å². The van der Waals surface area contributed by atoms with E-state index in [1.54, 1.807) is 6.20 Å². The molecule has 2 aliphatic heterocycles. The zero-order valence-electron chi connectivity index (χ0n) is 12.8. The average molecular weight is 327 g/mol. The second-order valence-electron chi connectivity index (χ2n) is 5.98. The monoisotopic (exact) mass is 326 g/mol. The number of halogens is 1. The summed E-state index contributed by atoms with van der Waals surface area (Å²) in [7, 11) is 0. The van der Waals surface area contributed by atoms with Crippen LogP contribution in [0.5, 0.6) is 0 Å². The van der Waals surface area contributed by atoms with Crippen molar-refractivity contribution in [1.29, 1.82) is 0 Å². The number of hydrogen-bond donors (Lipinski definition) is 0. The van der Waals surface area contributed by atoms with E-state index in [0.29, 0.717) is 24.1 Å². The molecule has 0 saturated carbocycles. The van der Waals surface area contributed by atoms with Gasteiger partial charge in [0.25, 0.3) is 0 Å². The van der Waals surface area contributed by atoms with Crippen LogP contribution in [0.4, 0.5) is 0 Å². The van der Waals surface area contributed by atoms with Crippen LogP contribution in [0.25, 0.3) is 0 Å². The first-order valence-corrected chi connectivity index (χ1v) is 8.37. The van der Waals surface area contributed by atoms with Crippen LogP contribution in [-0.4, -0.2) is 71.4 Å². The van der Waals surface area contributed by atoms with Gasteiger partial charge in [-0.2, -0.15) is 5.10 Å². The fraction of sp³-hybridized carbons (Fsp3) is 0.733. The predicted octanol–water partition coefficient (Wildman–Crippen LogP) is 1.11. The summed E-state index contributed by atoms with van der Waals surface area (Å²) in [6.07, 6.45) is 5.41. The van der Waals surface area contributed by atoms with Gasteiger partial charge in [0.15, 0.2) is 0 Å². The van der Waals surface area contributed by atoms with Crippen molar-refractivity contribution in [2.75, 3.05) is 45.9 Å². The van der Waals surface area contributed by atoms with Crippen molar-refractivity contribution in [2.45, 2.75) is 19.4 Å². The Kier molecular flexibility index (Phi) is 5.33. The van der Waals surface area contributed by atoms with E-state index in [0.717, 1.165) is 52.1 Å². The van der Waals surface area contributed by atoms with Gasteiger partial charge in [0.05, 0.1) is 31.0 Å². The number of carbonyl (C=O) groups excluding carboxylic acids is 1. The maximum Gasteiger partial charge on any atom is 0.225 e. The summed E-state index contributed by atoms with van der Waals surface area (Å²) in [5.74, 6) is 0.510. The van der Waals surface area contributed by atoms with E-state index in [9.17, 15) is 4.79 Å². The third-order valence-electron chi connectivity index (χ3n) is 4.51. The number of nitrogens with zero attached hydrogens (tertiary/aromatic N) is 4. The second kappa shape index (κ2) is 7.44. The fourth-order valence-corrected chi connectivity index (χ4v) is 3.31. The summed E-state index contributed by atoms with van der Waals surface area (Å²) >= 11 is 5.86. The van der Waals surface area contributed by atoms with Crippen LogP contribution in [0.1, 0.15) is 12.8 Å². The Morgan fingerprint density at radius 2 is 1.95 bits per heavy atom. The number of rotatable bonds is 4. The molecule has 3 rings (SSSR count). The lowest BCUT2D eigenvalue weighted by Crippen LogP contribution is -2.47. The highest BCUT2D eigenvalue weighted by atomic mass is 35.5. The topological polar surface area (TPSA) is 50.6 Å². The minimum atomic E-state index is 0.188. The quantitative estimate of drug-likeness (QED) is 0.831. The Labute approximate surface area is 136 Å². The summed E-state index contributed by atoms with van der Waals surface area (Å²) in [5, 5.41) is 4.87. The Hall–Kier alpha value is -1.11. The van der Waals surface area contributed by atoms with Gasteiger partial charge in [0.2, 0.25) is 5.91 Å². The van der Waals surface area contributed by atoms with Gasteiger partial charge in [-0.1, -0.05) is 11.6 Å². The molecule has 1 aromatic heterocycles. The first-order chi connectivity index (χ1) is 10.7. The van der Waals surface area contributed by atoms with Crippen LogP contribution >= 0.6 is 11.6 Å². The Morgan fingerprint density at radius 3 is 2.59 bits per heavy atom. The molecule has 122 valence electrons. The first kappa shape index (κ1) is 15.8. The van der Waals surface area contributed by atoms with E-state index < -0.39 is 0 Å². The van der Waals surface area contributed by atoms with Crippen LogP contribution in [-0.2, 0) is 16.1 Å². The summed E-state index contributed by atoms with van der Waals surface area (Å²) in [5.41, 5.74) is 0. The van der Waals surface area contributed by atoms with Crippen molar-refractivity contribution in [3.63, 3.8) is 0 Å². The lowest BCUT2D eigenvalue weighted by Gasteiger charge is -2.35. The SMILES string of the molecule is O=C(C1CCN(CCn2cc(Cl)cn2)CC1)N1CCOCC1. The third kappa shape index (κ3) is 4.00. The molecule has 0 atom stereocenters. The minimum Gasteiger partial charge on any atom is -0.378 e. The molecule has 0 aliphatic carbocycles. The van der Waals surface area contributed by atoms with Gasteiger partial charge in [-0.15, -0.1) is 0 Å². The highest BCUT2D eigenvalue weighted by Crippen LogP contribution is 2.20. The van der Waals surface area contributed by atoms with Crippen molar-refractivity contribution in [3.8, 4) is 0 Å². The average Bonchev–Trinajstić information content (AvgIpc) is 2.99. The van der Waals surface area contributed by atoms with Gasteiger partial charge in [0, 0.05) is 31.7 Å². The van der Waals surface area contributed by atoms with Gasteiger partial charge in [0.1, 0.15) is 0 Å². The number of likely N-dealkylation sites (tertiary alicyclic amines) is 1. The number of piperidine rings is 1. The largest absolute Gasteiger partial charge is 0.378 e. The molecule has 0 unspecified atom stereocenters. The smallest absolute Gasteiger partial charge is 0.225 e. The van der Waals surface area contributed by atoms with Crippen molar-refractivity contribution in [3.05, 3.63) is 17.4 Å². The zero-order valence-corrected chi connectivity index (χ0v) is 13.5. The molecule has 2 aliphatic rings. The molecule has 0 N–H and O–H groups in total. The molecule has 0 aromatic carbocycles. The number of carbonyl (C=O) groups is 1. The molecule has 0 radical (unpaired) electrons. The van der Waals surface area contributed by atoms with Gasteiger partial charge >= 0.3 is 0 Å². The van der Waals surface area contributed by atoms with Crippen molar-refractivity contribution in [1.82, 2.24) is 19.6 Å². The van der Waals surface area contributed by atoms with E-state index in [-0.39, 0.29) is 5.92 Å². The predicted molar refractivity (Wildman–Crippen MR) is 83.8 cm³/mol. The van der Waals surface area contributed by atoms with E-state index in [2.05, 4.69) is 10.00 Å². The Balaban J connectivity index is 1.41. The zero-order chi connectivity index (χ0) is 15.4. The number of ether oxygens (including phenoxy) is 1. The van der Waals surface area contributed by atoms with E-state index in [1.807, 2.05) is 15.8 Å². The van der Waals surface area contributed by atoms with E-state index in [4.69, 9.17) is 16.3 Å². The van der Waals surface area contributed by atoms with Gasteiger partial charge in [-0.3, -0.25) is 9.48 Å². The molecular weight excluding hydrogens is 304 g/mol. The van der Waals surface area contributed by atoms with Gasteiger partial charge < -0.3 is 14.5 Å². The van der Waals surface area contributed by atoms with Crippen molar-refractivity contribution < 1.29 is 9.53 Å². The lowest BCUT2D eigenvalue weighted by molar-refractivity contribution is -0.141. The van der Waals surface area contributed by atoms with Gasteiger partial charge in [-0.05, 0) is 25.9 Å². The third-order valence-corrected chi connectivity index (χ3v) is 4.70. The lowest BCUT2D eigenvalue weighted by atomic mass is 9.95. The standard InChI is InChI=1S/C15H23ClN4O2/c16-14-11-17-20(12-14)6-5-18-3-1-13(2-4-18)15(21)19-7-9-22-10-8-19/h11-13H,1-10H2. The number of amides is 1. The Morgan fingerprint density at radius 1 is 1.23 bits per heavy atom. The minimum absolute atomic E-state index is 0.188. The highest BCUT2D eigenvalue weighted by Gasteiger charge is 2.29. The summed E-state index contributed by atoms with van der Waals surface area (Å²) < 4.78 is 7.18. The van der Waals surface area contributed by atoms with Crippen LogP contribution in [0, 0.1) is 5.92 Å². The Bertz CT molecular complexity index is 493. The normalized spacial score (nSPS) is 21.2. The van der Waals surface area contributed by atoms with Crippen LogP contribution in [0.15, 0.2) is 12.4 Å². The number of morpholine rings is 1. The molecule has 1 amide bonds. The molecule has 0 bridgehead atoms. The van der Waals surface area contributed by atoms with Crippen LogP contribution in [0.2, 0.25) is 5.02 Å². The van der Waals surface area contributed by atoms with E-state index >= 15 is 0 Å². The number of aromatic nitrogens is 2. The summed E-state index contributed by atoms with van der Waals surface area (Å²) in [6.45, 7) is 6.61. The molecule has 7 heteroatoms. The number of hydrogen-bond acceptors (Lipinski definition) is 4. The van der Waals surface area contributed by atoms with Crippen LogP contribution in [0.3, 0.4) is 0 Å². The molecule has 0 spiro atoms. The molecule has 22 heavy (non-hydrogen) atoms. The molecule has 3 heterocycles. The molecular formula is C15H23ClN4O2. The summed E-state index contributed by atoms with van der Waals surface area (Å²) in [4.78, 5) is 16.8. The maximum atomic E-state index is 12.5. The summed E-state index contributed by atoms with van der Waals surface area (Å²) in [6, 6.07) is 0. The highest BCUT2D eigenvalue weighted by molar-refractivity contribution is 6.30. The van der Waals surface area contributed by atoms with E-state index in [1.165, 1.54) is 0 Å². The first-order valence-electron chi connectivity index (χ1n) is 7.99. The molecule has 1 aromatic rings. The van der Waals surface area contributed by atoms with Crippen molar-refractivity contribution >= 4 is 17.5 Å². The molecule has 2 saturated heterocycles. The van der Waals surface area contributed by atoms with Gasteiger partial charge in [-0.25, -0.2) is 0 Å². The maximum absolute atomic E-state index is 12.5. The van der Waals surface area contributed by atoms with Crippen molar-refractivity contribution in [2.24, 2.45) is 5.92 Å². The molecule has 2 fully saturated rings. The molecule has 6 nitrogen and oxygen atoms in total. The second-order valence-corrected chi connectivity index (χ2v) is 6.41.